The molecule has 0 radical (unpaired) electrons. The molecule has 3 heterocycles. The number of carbonyl (C=O) groups excluding carboxylic acids is 1. The Balaban J connectivity index is 1.55. The fourth-order valence-corrected chi connectivity index (χ4v) is 4.17. The van der Waals surface area contributed by atoms with Crippen molar-refractivity contribution in [2.24, 2.45) is 0 Å². The number of thioether (sulfide) groups is 1. The van der Waals surface area contributed by atoms with Gasteiger partial charge in [-0.3, -0.25) is 9.78 Å². The van der Waals surface area contributed by atoms with Gasteiger partial charge in [-0.05, 0) is 60.4 Å². The van der Waals surface area contributed by atoms with Gasteiger partial charge in [-0.2, -0.15) is 0 Å². The van der Waals surface area contributed by atoms with Gasteiger partial charge in [0.1, 0.15) is 0 Å². The molecule has 0 N–H and O–H groups in total. The molecule has 4 nitrogen and oxygen atoms in total. The van der Waals surface area contributed by atoms with Gasteiger partial charge in [0.2, 0.25) is 5.91 Å². The SMILES string of the molecule is Cc1cccc(SCc2cncc(-c3ccc4c(c3)CCC(=O)N4C)c2)n1. The van der Waals surface area contributed by atoms with Crippen LogP contribution in [0.4, 0.5) is 5.69 Å². The number of anilines is 1. The van der Waals surface area contributed by atoms with Crippen molar-refractivity contribution in [1.29, 1.82) is 0 Å². The van der Waals surface area contributed by atoms with Gasteiger partial charge in [-0.15, -0.1) is 11.8 Å². The topological polar surface area (TPSA) is 46.1 Å². The van der Waals surface area contributed by atoms with Gasteiger partial charge >= 0.3 is 0 Å². The summed E-state index contributed by atoms with van der Waals surface area (Å²) in [5.74, 6) is 1.01. The van der Waals surface area contributed by atoms with Crippen LogP contribution in [0, 0.1) is 6.92 Å². The van der Waals surface area contributed by atoms with Gasteiger partial charge in [0.05, 0.1) is 5.03 Å². The van der Waals surface area contributed by atoms with Crippen molar-refractivity contribution in [1.82, 2.24) is 9.97 Å². The summed E-state index contributed by atoms with van der Waals surface area (Å²) < 4.78 is 0. The first-order chi connectivity index (χ1) is 13.1. The first-order valence-electron chi connectivity index (χ1n) is 9.00. The minimum absolute atomic E-state index is 0.181. The van der Waals surface area contributed by atoms with E-state index in [0.717, 1.165) is 39.7 Å². The normalized spacial score (nSPS) is 13.6. The molecule has 1 amide bonds. The van der Waals surface area contributed by atoms with E-state index in [4.69, 9.17) is 0 Å². The molecule has 0 saturated carbocycles. The van der Waals surface area contributed by atoms with E-state index < -0.39 is 0 Å². The number of amides is 1. The molecule has 4 rings (SSSR count). The van der Waals surface area contributed by atoms with Crippen molar-refractivity contribution in [3.05, 3.63) is 71.7 Å². The first kappa shape index (κ1) is 17.7. The summed E-state index contributed by atoms with van der Waals surface area (Å²) in [4.78, 5) is 22.6. The molecule has 1 aliphatic rings. The zero-order valence-electron chi connectivity index (χ0n) is 15.5. The summed E-state index contributed by atoms with van der Waals surface area (Å²) in [5.41, 5.74) is 6.69. The predicted molar refractivity (Wildman–Crippen MR) is 110 cm³/mol. The van der Waals surface area contributed by atoms with Crippen LogP contribution >= 0.6 is 11.8 Å². The minimum Gasteiger partial charge on any atom is -0.315 e. The minimum atomic E-state index is 0.181. The van der Waals surface area contributed by atoms with Crippen molar-refractivity contribution in [2.75, 3.05) is 11.9 Å². The van der Waals surface area contributed by atoms with Crippen LogP contribution in [0.5, 0.6) is 0 Å². The molecule has 3 aromatic rings. The van der Waals surface area contributed by atoms with Crippen LogP contribution in [0.15, 0.2) is 59.9 Å². The molecule has 0 bridgehead atoms. The molecule has 0 saturated heterocycles. The van der Waals surface area contributed by atoms with Crippen LogP contribution in [0.1, 0.15) is 23.2 Å². The third kappa shape index (κ3) is 3.88. The summed E-state index contributed by atoms with van der Waals surface area (Å²) in [6, 6.07) is 14.6. The standard InChI is InChI=1S/C22H21N3OS/c1-15-4-3-5-21(24-15)27-14-16-10-19(13-23-12-16)17-6-8-20-18(11-17)7-9-22(26)25(20)2/h3-6,8,10-13H,7,9,14H2,1-2H3. The van der Waals surface area contributed by atoms with Gasteiger partial charge < -0.3 is 4.90 Å². The summed E-state index contributed by atoms with van der Waals surface area (Å²) >= 11 is 1.72. The summed E-state index contributed by atoms with van der Waals surface area (Å²) in [5, 5.41) is 1.03. The Morgan fingerprint density at radius 1 is 1.07 bits per heavy atom. The van der Waals surface area contributed by atoms with Gasteiger partial charge in [0, 0.05) is 48.6 Å². The number of pyridine rings is 2. The third-order valence-electron chi connectivity index (χ3n) is 4.80. The lowest BCUT2D eigenvalue weighted by molar-refractivity contribution is -0.118. The number of hydrogen-bond acceptors (Lipinski definition) is 4. The van der Waals surface area contributed by atoms with Crippen LogP contribution in [-0.2, 0) is 17.0 Å². The Morgan fingerprint density at radius 3 is 2.81 bits per heavy atom. The van der Waals surface area contributed by atoms with Gasteiger partial charge in [-0.1, -0.05) is 12.1 Å². The Labute approximate surface area is 163 Å². The molecule has 0 atom stereocenters. The third-order valence-corrected chi connectivity index (χ3v) is 5.80. The number of nitrogens with zero attached hydrogens (tertiary/aromatic N) is 3. The maximum absolute atomic E-state index is 11.9. The first-order valence-corrected chi connectivity index (χ1v) is 9.99. The van der Waals surface area contributed by atoms with E-state index in [-0.39, 0.29) is 5.91 Å². The average molecular weight is 375 g/mol. The second kappa shape index (κ2) is 7.53. The molecule has 0 aliphatic carbocycles. The molecular formula is C22H21N3OS. The average Bonchev–Trinajstić information content (AvgIpc) is 2.69. The highest BCUT2D eigenvalue weighted by molar-refractivity contribution is 7.98. The second-order valence-corrected chi connectivity index (χ2v) is 7.78. The lowest BCUT2D eigenvalue weighted by Gasteiger charge is -2.26. The number of carbonyl (C=O) groups is 1. The Bertz CT molecular complexity index is 1000. The van der Waals surface area contributed by atoms with E-state index in [9.17, 15) is 4.79 Å². The summed E-state index contributed by atoms with van der Waals surface area (Å²) in [6.07, 6.45) is 5.19. The monoisotopic (exact) mass is 375 g/mol. The van der Waals surface area contributed by atoms with E-state index in [1.54, 1.807) is 16.7 Å². The van der Waals surface area contributed by atoms with E-state index in [1.807, 2.05) is 50.6 Å². The molecule has 2 aromatic heterocycles. The van der Waals surface area contributed by atoms with Gasteiger partial charge in [0.15, 0.2) is 0 Å². The largest absolute Gasteiger partial charge is 0.315 e. The molecule has 136 valence electrons. The zero-order valence-corrected chi connectivity index (χ0v) is 16.3. The number of aryl methyl sites for hydroxylation is 2. The quantitative estimate of drug-likeness (QED) is 0.623. The number of rotatable bonds is 4. The highest BCUT2D eigenvalue weighted by Gasteiger charge is 2.21. The van der Waals surface area contributed by atoms with Crippen LogP contribution in [0.25, 0.3) is 11.1 Å². The molecule has 0 fully saturated rings. The van der Waals surface area contributed by atoms with Crippen molar-refractivity contribution in [2.45, 2.75) is 30.5 Å². The lowest BCUT2D eigenvalue weighted by atomic mass is 9.96. The van der Waals surface area contributed by atoms with Crippen LogP contribution in [0.2, 0.25) is 0 Å². The highest BCUT2D eigenvalue weighted by atomic mass is 32.2. The fraction of sp³-hybridized carbons (Fsp3) is 0.227. The summed E-state index contributed by atoms with van der Waals surface area (Å²) in [7, 11) is 1.85. The molecule has 1 aliphatic heterocycles. The predicted octanol–water partition coefficient (Wildman–Crippen LogP) is 4.65. The Kier molecular flexibility index (Phi) is 4.94. The van der Waals surface area contributed by atoms with E-state index >= 15 is 0 Å². The van der Waals surface area contributed by atoms with E-state index in [0.29, 0.717) is 6.42 Å². The van der Waals surface area contributed by atoms with Crippen molar-refractivity contribution < 1.29 is 4.79 Å². The number of fused-ring (bicyclic) bond motifs is 1. The van der Waals surface area contributed by atoms with Gasteiger partial charge in [0.25, 0.3) is 0 Å². The fourth-order valence-electron chi connectivity index (χ4n) is 3.32. The van der Waals surface area contributed by atoms with Crippen molar-refractivity contribution >= 4 is 23.4 Å². The van der Waals surface area contributed by atoms with Crippen molar-refractivity contribution in [3.63, 3.8) is 0 Å². The van der Waals surface area contributed by atoms with E-state index in [1.165, 1.54) is 11.1 Å². The molecule has 0 unspecified atom stereocenters. The Morgan fingerprint density at radius 2 is 1.96 bits per heavy atom. The second-order valence-electron chi connectivity index (χ2n) is 6.78. The van der Waals surface area contributed by atoms with Crippen LogP contribution in [0.3, 0.4) is 0 Å². The molecule has 1 aromatic carbocycles. The molecular weight excluding hydrogens is 354 g/mol. The summed E-state index contributed by atoms with van der Waals surface area (Å²) in [6.45, 7) is 2.01. The van der Waals surface area contributed by atoms with E-state index in [2.05, 4.69) is 28.2 Å². The van der Waals surface area contributed by atoms with Gasteiger partial charge in [-0.25, -0.2) is 4.98 Å². The molecule has 5 heteroatoms. The number of hydrogen-bond donors (Lipinski definition) is 0. The number of aromatic nitrogens is 2. The maximum atomic E-state index is 11.9. The highest BCUT2D eigenvalue weighted by Crippen LogP contribution is 2.32. The maximum Gasteiger partial charge on any atom is 0.227 e. The van der Waals surface area contributed by atoms with Crippen LogP contribution in [-0.4, -0.2) is 22.9 Å². The molecule has 27 heavy (non-hydrogen) atoms. The zero-order chi connectivity index (χ0) is 18.8. The lowest BCUT2D eigenvalue weighted by Crippen LogP contribution is -2.30. The number of benzene rings is 1. The Hall–Kier alpha value is -2.66. The molecule has 0 spiro atoms. The smallest absolute Gasteiger partial charge is 0.227 e. The van der Waals surface area contributed by atoms with Crippen molar-refractivity contribution in [3.8, 4) is 11.1 Å². The van der Waals surface area contributed by atoms with Crippen LogP contribution < -0.4 is 4.90 Å².